The van der Waals surface area contributed by atoms with Gasteiger partial charge in [-0.1, -0.05) is 170 Å². The van der Waals surface area contributed by atoms with E-state index >= 15 is 0 Å². The number of hydrogen-bond acceptors (Lipinski definition) is 2. The molecule has 2 aliphatic carbocycles. The van der Waals surface area contributed by atoms with E-state index in [9.17, 15) is 0 Å². The molecule has 0 N–H and O–H groups in total. The fourth-order valence-corrected chi connectivity index (χ4v) is 13.4. The SMILES string of the molecule is c1ccc(N(c2ccccc2)c2c3c4ccc5c6c(ccc(c3c(N(c3ccccc3)c3ccccc3)c3c7ccc8c9c(ccc(c23)c97)-c2cc3ccccc3cc2-8)c64)-c2cc3ccccc3cc2-5)cc1. The number of benzene rings is 13. The molecule has 0 aromatic heterocycles. The summed E-state index contributed by atoms with van der Waals surface area (Å²) in [4.78, 5) is 5.14. The van der Waals surface area contributed by atoms with Crippen molar-refractivity contribution in [3.63, 3.8) is 0 Å². The molecular formula is C70H40N2. The van der Waals surface area contributed by atoms with E-state index in [0.717, 1.165) is 22.7 Å². The van der Waals surface area contributed by atoms with Crippen LogP contribution in [0, 0.1) is 0 Å². The Bertz CT molecular complexity index is 4180. The summed E-state index contributed by atoms with van der Waals surface area (Å²) in [6.45, 7) is 0. The molecule has 0 aliphatic heterocycles. The van der Waals surface area contributed by atoms with Crippen molar-refractivity contribution in [1.82, 2.24) is 0 Å². The lowest BCUT2D eigenvalue weighted by Gasteiger charge is -2.32. The number of para-hydroxylation sites is 4. The van der Waals surface area contributed by atoms with Gasteiger partial charge in [-0.15, -0.1) is 0 Å². The molecule has 0 amide bonds. The van der Waals surface area contributed by atoms with Crippen molar-refractivity contribution in [2.45, 2.75) is 0 Å². The third kappa shape index (κ3) is 4.93. The molecular weight excluding hydrogens is 869 g/mol. The van der Waals surface area contributed by atoms with Crippen molar-refractivity contribution in [3.8, 4) is 44.5 Å². The third-order valence-corrected chi connectivity index (χ3v) is 16.3. The van der Waals surface area contributed by atoms with Gasteiger partial charge in [0.15, 0.2) is 0 Å². The minimum atomic E-state index is 1.12. The Morgan fingerprint density at radius 2 is 0.417 bits per heavy atom. The highest BCUT2D eigenvalue weighted by Gasteiger charge is 2.36. The molecule has 0 atom stereocenters. The average Bonchev–Trinajstić information content (AvgIpc) is 4.16. The summed E-state index contributed by atoms with van der Waals surface area (Å²) in [5, 5.41) is 20.5. The van der Waals surface area contributed by atoms with Gasteiger partial charge in [-0.3, -0.25) is 0 Å². The summed E-state index contributed by atoms with van der Waals surface area (Å²) in [5.41, 5.74) is 17.3. The van der Waals surface area contributed by atoms with Gasteiger partial charge in [0.2, 0.25) is 0 Å². The van der Waals surface area contributed by atoms with E-state index in [1.807, 2.05) is 0 Å². The Labute approximate surface area is 415 Å². The minimum absolute atomic E-state index is 1.12. The number of fused-ring (bicyclic) bond motifs is 14. The second kappa shape index (κ2) is 14.1. The van der Waals surface area contributed by atoms with Crippen molar-refractivity contribution < 1.29 is 0 Å². The molecule has 72 heavy (non-hydrogen) atoms. The molecule has 2 heteroatoms. The predicted octanol–water partition coefficient (Wildman–Crippen LogP) is 20.0. The number of nitrogens with zero attached hydrogens (tertiary/aromatic N) is 2. The zero-order chi connectivity index (χ0) is 46.8. The highest BCUT2D eigenvalue weighted by Crippen LogP contribution is 2.63. The first-order valence-electron chi connectivity index (χ1n) is 25.1. The Kier molecular flexibility index (Phi) is 7.49. The topological polar surface area (TPSA) is 6.48 Å². The Balaban J connectivity index is 1.13. The van der Waals surface area contributed by atoms with Crippen LogP contribution in [0.2, 0.25) is 0 Å². The molecule has 2 aliphatic rings. The van der Waals surface area contributed by atoms with E-state index in [0.29, 0.717) is 0 Å². The van der Waals surface area contributed by atoms with Crippen LogP contribution in [0.15, 0.2) is 243 Å². The maximum absolute atomic E-state index is 2.57. The van der Waals surface area contributed by atoms with Gasteiger partial charge >= 0.3 is 0 Å². The maximum Gasteiger partial charge on any atom is 0.0632 e. The molecule has 0 saturated carbocycles. The van der Waals surface area contributed by atoms with Crippen molar-refractivity contribution in [2.24, 2.45) is 0 Å². The van der Waals surface area contributed by atoms with Crippen LogP contribution < -0.4 is 9.80 Å². The zero-order valence-corrected chi connectivity index (χ0v) is 39.0. The highest BCUT2D eigenvalue weighted by molar-refractivity contribution is 6.49. The minimum Gasteiger partial charge on any atom is -0.309 e. The molecule has 0 unspecified atom stereocenters. The summed E-state index contributed by atoms with van der Waals surface area (Å²) < 4.78 is 0. The summed E-state index contributed by atoms with van der Waals surface area (Å²) in [6.07, 6.45) is 0. The summed E-state index contributed by atoms with van der Waals surface area (Å²) in [5.74, 6) is 0. The lowest BCUT2D eigenvalue weighted by molar-refractivity contribution is 1.30. The van der Waals surface area contributed by atoms with Crippen LogP contribution in [0.3, 0.4) is 0 Å². The molecule has 330 valence electrons. The third-order valence-electron chi connectivity index (χ3n) is 16.3. The van der Waals surface area contributed by atoms with Gasteiger partial charge in [0.05, 0.1) is 11.4 Å². The van der Waals surface area contributed by atoms with Crippen LogP contribution in [0.1, 0.15) is 0 Å². The molecule has 0 fully saturated rings. The van der Waals surface area contributed by atoms with Gasteiger partial charge in [-0.05, 0) is 182 Å². The fourth-order valence-electron chi connectivity index (χ4n) is 13.4. The van der Waals surface area contributed by atoms with Crippen LogP contribution >= 0.6 is 0 Å². The maximum atomic E-state index is 2.57. The van der Waals surface area contributed by atoms with Gasteiger partial charge in [0, 0.05) is 44.3 Å². The molecule has 2 nitrogen and oxygen atoms in total. The normalized spacial score (nSPS) is 12.4. The summed E-state index contributed by atoms with van der Waals surface area (Å²) in [7, 11) is 0. The first kappa shape index (κ1) is 38.4. The van der Waals surface area contributed by atoms with Crippen LogP contribution in [0.25, 0.3) is 131 Å². The first-order chi connectivity index (χ1) is 35.8. The van der Waals surface area contributed by atoms with Gasteiger partial charge < -0.3 is 9.80 Å². The number of hydrogen-bond donors (Lipinski definition) is 0. The molecule has 0 radical (unpaired) electrons. The second-order valence-electron chi connectivity index (χ2n) is 19.8. The van der Waals surface area contributed by atoms with Gasteiger partial charge in [0.1, 0.15) is 0 Å². The number of rotatable bonds is 6. The quantitative estimate of drug-likeness (QED) is 0.153. The van der Waals surface area contributed by atoms with Crippen molar-refractivity contribution in [1.29, 1.82) is 0 Å². The van der Waals surface area contributed by atoms with Crippen molar-refractivity contribution in [3.05, 3.63) is 243 Å². The molecule has 15 aromatic carbocycles. The smallest absolute Gasteiger partial charge is 0.0632 e. The van der Waals surface area contributed by atoms with Crippen LogP contribution in [0.4, 0.5) is 34.1 Å². The summed E-state index contributed by atoms with van der Waals surface area (Å²) in [6, 6.07) is 91.1. The van der Waals surface area contributed by atoms with E-state index in [2.05, 4.69) is 252 Å². The zero-order valence-electron chi connectivity index (χ0n) is 39.0. The Morgan fingerprint density at radius 3 is 0.667 bits per heavy atom. The van der Waals surface area contributed by atoms with Crippen molar-refractivity contribution in [2.75, 3.05) is 9.80 Å². The van der Waals surface area contributed by atoms with Gasteiger partial charge in [0.25, 0.3) is 0 Å². The molecule has 0 spiro atoms. The molecule has 15 aromatic rings. The van der Waals surface area contributed by atoms with E-state index in [4.69, 9.17) is 0 Å². The standard InChI is InChI=1S/C70H40N2/c1-5-21-45(22-6-1)71(46-23-7-2-8-24-46)69-65-53-33-29-49-57-37-41-17-13-15-19-43(41)39-59(57)51-31-35-55(63(53)61(49)51)67(65)70(72(47-25-9-3-10-26-47)48-27-11-4-12-28-48)68-56-36-32-52-60-40-44-20-16-14-18-42(44)38-58(60)50-30-34-54(66(68)69)64(56)62(50)52/h1-40H. The predicted molar refractivity (Wildman–Crippen MR) is 307 cm³/mol. The van der Waals surface area contributed by atoms with E-state index in [-0.39, 0.29) is 0 Å². The van der Waals surface area contributed by atoms with E-state index in [1.165, 1.54) is 142 Å². The largest absolute Gasteiger partial charge is 0.309 e. The van der Waals surface area contributed by atoms with Crippen molar-refractivity contribution >= 4 is 120 Å². The van der Waals surface area contributed by atoms with Crippen LogP contribution in [-0.2, 0) is 0 Å². The van der Waals surface area contributed by atoms with Gasteiger partial charge in [-0.2, -0.15) is 0 Å². The lowest BCUT2D eigenvalue weighted by Crippen LogP contribution is -2.13. The van der Waals surface area contributed by atoms with Crippen LogP contribution in [0.5, 0.6) is 0 Å². The Hall–Kier alpha value is -9.50. The average molecular weight is 909 g/mol. The van der Waals surface area contributed by atoms with Gasteiger partial charge in [-0.25, -0.2) is 0 Å². The first-order valence-corrected chi connectivity index (χ1v) is 25.1. The second-order valence-corrected chi connectivity index (χ2v) is 19.8. The summed E-state index contributed by atoms with van der Waals surface area (Å²) >= 11 is 0. The molecule has 0 heterocycles. The Morgan fingerprint density at radius 1 is 0.181 bits per heavy atom. The van der Waals surface area contributed by atoms with E-state index < -0.39 is 0 Å². The highest BCUT2D eigenvalue weighted by atomic mass is 15.2. The molecule has 17 rings (SSSR count). The lowest BCUT2D eigenvalue weighted by atomic mass is 9.96. The molecule has 0 bridgehead atoms. The molecule has 0 saturated heterocycles. The number of anilines is 6. The monoisotopic (exact) mass is 908 g/mol. The van der Waals surface area contributed by atoms with E-state index in [1.54, 1.807) is 0 Å². The fraction of sp³-hybridized carbons (Fsp3) is 0. The van der Waals surface area contributed by atoms with Crippen LogP contribution in [-0.4, -0.2) is 0 Å².